The van der Waals surface area contributed by atoms with Crippen molar-refractivity contribution < 1.29 is 90.5 Å². The van der Waals surface area contributed by atoms with Crippen molar-refractivity contribution in [1.29, 1.82) is 0 Å². The zero-order valence-electron chi connectivity index (χ0n) is 29.5. The summed E-state index contributed by atoms with van der Waals surface area (Å²) in [6.45, 7) is 7.65. The van der Waals surface area contributed by atoms with Gasteiger partial charge in [-0.15, -0.1) is 0 Å². The average Bonchev–Trinajstić information content (AvgIpc) is 2.99. The predicted octanol–water partition coefficient (Wildman–Crippen LogP) is -0.727. The molecule has 20 heteroatoms. The highest BCUT2D eigenvalue weighted by Crippen LogP contribution is 2.35. The van der Waals surface area contributed by atoms with Crippen molar-refractivity contribution >= 4 is 47.8 Å². The summed E-state index contributed by atoms with van der Waals surface area (Å²) < 4.78 is 60.8. The molecule has 0 aromatic carbocycles. The molecule has 0 aromatic rings. The summed E-state index contributed by atoms with van der Waals surface area (Å²) >= 11 is 0. The van der Waals surface area contributed by atoms with E-state index in [2.05, 4.69) is 10.1 Å². The molecule has 0 aliphatic carbocycles. The number of carbonyl (C=O) groups is 8. The number of hydrogen-bond acceptors (Lipinski definition) is 20. The van der Waals surface area contributed by atoms with E-state index in [0.717, 1.165) is 61.7 Å². The van der Waals surface area contributed by atoms with Gasteiger partial charge in [0, 0.05) is 60.2 Å². The Morgan fingerprint density at radius 3 is 1.39 bits per heavy atom. The van der Waals surface area contributed by atoms with E-state index in [1.165, 1.54) is 6.92 Å². The molecule has 51 heavy (non-hydrogen) atoms. The summed E-state index contributed by atoms with van der Waals surface area (Å²) in [5.41, 5.74) is 0.149. The zero-order chi connectivity index (χ0) is 38.6. The van der Waals surface area contributed by atoms with Gasteiger partial charge in [0.25, 0.3) is 0 Å². The van der Waals surface area contributed by atoms with Gasteiger partial charge in [-0.3, -0.25) is 33.6 Å². The van der Waals surface area contributed by atoms with Gasteiger partial charge in [-0.05, 0) is 6.92 Å². The van der Waals surface area contributed by atoms with E-state index in [1.54, 1.807) is 0 Å². The number of methoxy groups -OCH3 is 1. The summed E-state index contributed by atoms with van der Waals surface area (Å²) in [6.07, 6.45) is -14.6. The van der Waals surface area contributed by atoms with Crippen LogP contribution in [0.3, 0.4) is 0 Å². The van der Waals surface area contributed by atoms with Crippen molar-refractivity contribution in [3.63, 3.8) is 0 Å². The molecule has 0 spiro atoms. The predicted molar refractivity (Wildman–Crippen MR) is 162 cm³/mol. The number of esters is 8. The fraction of sp³-hybridized carbons (Fsp3) is 0.677. The zero-order valence-corrected chi connectivity index (χ0v) is 29.5. The smallest absolute Gasteiger partial charge is 0.332 e. The Morgan fingerprint density at radius 1 is 0.529 bits per heavy atom. The summed E-state index contributed by atoms with van der Waals surface area (Å²) in [5, 5.41) is 2.82. The third-order valence-corrected chi connectivity index (χ3v) is 6.83. The van der Waals surface area contributed by atoms with Crippen LogP contribution in [0.15, 0.2) is 11.8 Å². The number of nitrogens with one attached hydrogen (secondary N) is 1. The van der Waals surface area contributed by atoms with Gasteiger partial charge < -0.3 is 57.4 Å². The van der Waals surface area contributed by atoms with Gasteiger partial charge in [0.15, 0.2) is 43.0 Å². The Labute approximate surface area is 292 Å². The second kappa shape index (κ2) is 19.5. The van der Waals surface area contributed by atoms with Crippen molar-refractivity contribution in [3.8, 4) is 0 Å². The van der Waals surface area contributed by atoms with E-state index >= 15 is 0 Å². The van der Waals surface area contributed by atoms with Crippen LogP contribution in [0.4, 0.5) is 0 Å². The second-order valence-corrected chi connectivity index (χ2v) is 11.2. The van der Waals surface area contributed by atoms with Crippen LogP contribution < -0.4 is 5.32 Å². The number of rotatable bonds is 14. The van der Waals surface area contributed by atoms with E-state index in [1.807, 2.05) is 0 Å². The maximum atomic E-state index is 12.5. The minimum Gasteiger partial charge on any atom is -0.466 e. The summed E-state index contributed by atoms with van der Waals surface area (Å²) in [4.78, 5) is 97.2. The van der Waals surface area contributed by atoms with E-state index in [4.69, 9.17) is 47.4 Å². The number of hydrogen-bond donors (Lipinski definition) is 1. The molecule has 0 unspecified atom stereocenters. The van der Waals surface area contributed by atoms with Gasteiger partial charge in [0.1, 0.15) is 31.5 Å². The summed E-state index contributed by atoms with van der Waals surface area (Å²) in [6, 6.07) is 0. The van der Waals surface area contributed by atoms with E-state index < -0.39 is 122 Å². The molecular formula is C31H43NO19. The van der Waals surface area contributed by atoms with Crippen LogP contribution in [0, 0.1) is 0 Å². The molecule has 0 amide bonds. The molecule has 2 heterocycles. The molecule has 1 N–H and O–H groups in total. The Morgan fingerprint density at radius 2 is 0.941 bits per heavy atom. The summed E-state index contributed by atoms with van der Waals surface area (Å²) in [7, 11) is 1.15. The third-order valence-electron chi connectivity index (χ3n) is 6.83. The Kier molecular flexibility index (Phi) is 16.2. The van der Waals surface area contributed by atoms with Crippen LogP contribution in [0.1, 0.15) is 55.4 Å². The lowest BCUT2D eigenvalue weighted by atomic mass is 9.95. The molecule has 0 aromatic heterocycles. The van der Waals surface area contributed by atoms with E-state index in [9.17, 15) is 38.4 Å². The maximum Gasteiger partial charge on any atom is 0.332 e. The lowest BCUT2D eigenvalue weighted by Crippen LogP contribution is -2.68. The molecule has 2 fully saturated rings. The van der Waals surface area contributed by atoms with Gasteiger partial charge in [0.2, 0.25) is 0 Å². The van der Waals surface area contributed by atoms with Crippen LogP contribution in [0.25, 0.3) is 0 Å². The SMILES string of the molecule is COC(=O)/C=C(/C)N[C@@H]1O[C@H](COC(C)=O)[C@@H](O[C@@H]2O[C@H](COC(C)=O)[C@H](OC(C)=O)[C@H](OC(C)=O)[C@H]2OC(C)=O)[C@H](OC(C)=O)[C@H]1OC(C)=O. The molecule has 20 nitrogen and oxygen atoms in total. The third kappa shape index (κ3) is 13.4. The van der Waals surface area contributed by atoms with E-state index in [0.29, 0.717) is 0 Å². The van der Waals surface area contributed by atoms with Gasteiger partial charge in [-0.25, -0.2) is 4.79 Å². The van der Waals surface area contributed by atoms with E-state index in [-0.39, 0.29) is 5.70 Å². The molecule has 0 radical (unpaired) electrons. The van der Waals surface area contributed by atoms with Crippen molar-refractivity contribution in [2.75, 3.05) is 20.3 Å². The Bertz CT molecular complexity index is 1350. The van der Waals surface area contributed by atoms with Crippen molar-refractivity contribution in [3.05, 3.63) is 11.8 Å². The fourth-order valence-electron chi connectivity index (χ4n) is 5.13. The standard InChI is InChI=1S/C31H43NO19/c1-13(10-23(40)41-9)32-30-28(47-19(7)38)26(45-17(5)36)25(21(49-30)11-42-14(2)33)51-31-29(48-20(8)39)27(46-18(6)37)24(44-16(4)35)22(50-31)12-43-15(3)34/h10,21-22,24-32H,11-12H2,1-9H3/b13-10-/t21-,22-,24+,25-,26+,27+,28-,29-,30-,31+/m1/s1. The fourth-order valence-corrected chi connectivity index (χ4v) is 5.13. The molecule has 2 aliphatic heterocycles. The molecule has 2 rings (SSSR count). The van der Waals surface area contributed by atoms with Crippen LogP contribution in [-0.2, 0) is 90.5 Å². The lowest BCUT2D eigenvalue weighted by Gasteiger charge is -2.49. The molecule has 286 valence electrons. The largest absolute Gasteiger partial charge is 0.466 e. The van der Waals surface area contributed by atoms with Gasteiger partial charge >= 0.3 is 47.8 Å². The van der Waals surface area contributed by atoms with Crippen molar-refractivity contribution in [2.24, 2.45) is 0 Å². The molecular weight excluding hydrogens is 690 g/mol. The molecule has 2 aliphatic rings. The average molecular weight is 734 g/mol. The van der Waals surface area contributed by atoms with Crippen molar-refractivity contribution in [2.45, 2.75) is 117 Å². The van der Waals surface area contributed by atoms with Gasteiger partial charge in [0.05, 0.1) is 7.11 Å². The molecule has 10 atom stereocenters. The van der Waals surface area contributed by atoms with Crippen LogP contribution >= 0.6 is 0 Å². The second-order valence-electron chi connectivity index (χ2n) is 11.2. The first kappa shape index (κ1) is 42.3. The van der Waals surface area contributed by atoms with Crippen LogP contribution in [0.5, 0.6) is 0 Å². The highest BCUT2D eigenvalue weighted by Gasteiger charge is 2.57. The Hall–Kier alpha value is -4.82. The number of ether oxygens (including phenoxy) is 11. The molecule has 0 saturated carbocycles. The maximum absolute atomic E-state index is 12.5. The lowest BCUT2D eigenvalue weighted by molar-refractivity contribution is -0.345. The van der Waals surface area contributed by atoms with Crippen LogP contribution in [-0.4, -0.2) is 129 Å². The first-order chi connectivity index (χ1) is 23.8. The minimum absolute atomic E-state index is 0.149. The molecule has 2 saturated heterocycles. The quantitative estimate of drug-likeness (QED) is 0.131. The van der Waals surface area contributed by atoms with Gasteiger partial charge in [-0.1, -0.05) is 0 Å². The first-order valence-corrected chi connectivity index (χ1v) is 15.4. The summed E-state index contributed by atoms with van der Waals surface area (Å²) in [5.74, 6) is -6.76. The number of allylic oxidation sites excluding steroid dienone is 1. The highest BCUT2D eigenvalue weighted by molar-refractivity contribution is 5.82. The first-order valence-electron chi connectivity index (χ1n) is 15.4. The monoisotopic (exact) mass is 733 g/mol. The Balaban J connectivity index is 2.76. The van der Waals surface area contributed by atoms with Crippen LogP contribution in [0.2, 0.25) is 0 Å². The number of carbonyl (C=O) groups excluding carboxylic acids is 8. The van der Waals surface area contributed by atoms with Crippen molar-refractivity contribution in [1.82, 2.24) is 5.32 Å². The topological polar surface area (TPSA) is 250 Å². The molecule has 0 bridgehead atoms. The highest BCUT2D eigenvalue weighted by atomic mass is 16.8. The van der Waals surface area contributed by atoms with Gasteiger partial charge in [-0.2, -0.15) is 0 Å². The minimum atomic E-state index is -1.82. The normalized spacial score (nSPS) is 28.9.